The molecule has 1 amide bonds. The van der Waals surface area contributed by atoms with Crippen LogP contribution in [0.3, 0.4) is 0 Å². The van der Waals surface area contributed by atoms with Gasteiger partial charge in [0.25, 0.3) is 5.91 Å². The number of nitrogen functional groups attached to an aromatic ring is 1. The molecule has 0 saturated heterocycles. The van der Waals surface area contributed by atoms with E-state index >= 15 is 0 Å². The van der Waals surface area contributed by atoms with Crippen molar-refractivity contribution in [2.24, 2.45) is 11.8 Å². The van der Waals surface area contributed by atoms with Gasteiger partial charge in [-0.25, -0.2) is 4.98 Å². The lowest BCUT2D eigenvalue weighted by molar-refractivity contribution is 0.0942. The van der Waals surface area contributed by atoms with Gasteiger partial charge in [-0.15, -0.1) is 0 Å². The number of hydrogen-bond acceptors (Lipinski definition) is 6. The highest BCUT2D eigenvalue weighted by Gasteiger charge is 2.27. The summed E-state index contributed by atoms with van der Waals surface area (Å²) < 4.78 is 0. The summed E-state index contributed by atoms with van der Waals surface area (Å²) in [6.07, 6.45) is 4.22. The molecule has 0 aliphatic heterocycles. The number of nitrogens with one attached hydrogen (secondary N) is 2. The number of aliphatic hydroxyl groups excluding tert-OH is 1. The number of aromatic nitrogens is 1. The number of thiazole rings is 1. The maximum absolute atomic E-state index is 12.2. The van der Waals surface area contributed by atoms with E-state index in [1.807, 2.05) is 0 Å². The van der Waals surface area contributed by atoms with Crippen LogP contribution in [0.4, 0.5) is 10.9 Å². The number of aliphatic hydroxyl groups is 1. The fourth-order valence-corrected chi connectivity index (χ4v) is 3.56. The van der Waals surface area contributed by atoms with E-state index in [1.165, 1.54) is 11.3 Å². The van der Waals surface area contributed by atoms with Crippen LogP contribution in [0, 0.1) is 11.8 Å². The molecule has 2 unspecified atom stereocenters. The van der Waals surface area contributed by atoms with Gasteiger partial charge in [0, 0.05) is 19.7 Å². The molecule has 118 valence electrons. The lowest BCUT2D eigenvalue weighted by atomic mass is 9.97. The van der Waals surface area contributed by atoms with Crippen molar-refractivity contribution in [1.29, 1.82) is 0 Å². The average molecular weight is 312 g/mol. The molecule has 0 radical (unpaired) electrons. The predicted molar refractivity (Wildman–Crippen MR) is 85.6 cm³/mol. The third-order valence-electron chi connectivity index (χ3n) is 3.96. The van der Waals surface area contributed by atoms with Gasteiger partial charge in [0.05, 0.1) is 0 Å². The van der Waals surface area contributed by atoms with Crippen LogP contribution in [-0.4, -0.2) is 35.7 Å². The van der Waals surface area contributed by atoms with Crippen molar-refractivity contribution in [1.82, 2.24) is 10.3 Å². The third-order valence-corrected chi connectivity index (χ3v) is 4.99. The van der Waals surface area contributed by atoms with E-state index in [0.717, 1.165) is 32.2 Å². The SMILES string of the molecule is CCCNc1nc(N)c(C(=O)NCC2CCCC2CO)s1. The molecule has 21 heavy (non-hydrogen) atoms. The number of anilines is 2. The number of nitrogens with two attached hydrogens (primary N) is 1. The van der Waals surface area contributed by atoms with Crippen LogP contribution in [0.5, 0.6) is 0 Å². The van der Waals surface area contributed by atoms with E-state index < -0.39 is 0 Å². The molecular weight excluding hydrogens is 288 g/mol. The normalized spacial score (nSPS) is 21.4. The summed E-state index contributed by atoms with van der Waals surface area (Å²) in [6, 6.07) is 0. The van der Waals surface area contributed by atoms with Crippen molar-refractivity contribution in [2.45, 2.75) is 32.6 Å². The molecule has 1 heterocycles. The van der Waals surface area contributed by atoms with Crippen molar-refractivity contribution in [3.05, 3.63) is 4.88 Å². The zero-order chi connectivity index (χ0) is 15.2. The Hall–Kier alpha value is -1.34. The van der Waals surface area contributed by atoms with Gasteiger partial charge in [-0.1, -0.05) is 24.7 Å². The maximum Gasteiger partial charge on any atom is 0.265 e. The molecule has 0 bridgehead atoms. The van der Waals surface area contributed by atoms with Gasteiger partial charge in [0.2, 0.25) is 0 Å². The summed E-state index contributed by atoms with van der Waals surface area (Å²) in [5, 5.41) is 16.1. The predicted octanol–water partition coefficient (Wildman–Crippen LogP) is 1.69. The quantitative estimate of drug-likeness (QED) is 0.614. The van der Waals surface area contributed by atoms with Crippen LogP contribution in [0.15, 0.2) is 0 Å². The Bertz CT molecular complexity index is 478. The van der Waals surface area contributed by atoms with Crippen molar-refractivity contribution in [3.8, 4) is 0 Å². The fourth-order valence-electron chi connectivity index (χ4n) is 2.73. The number of carbonyl (C=O) groups is 1. The zero-order valence-electron chi connectivity index (χ0n) is 12.4. The number of carbonyl (C=O) groups excluding carboxylic acids is 1. The van der Waals surface area contributed by atoms with Crippen molar-refractivity contribution in [2.75, 3.05) is 30.7 Å². The van der Waals surface area contributed by atoms with Gasteiger partial charge in [0.1, 0.15) is 10.7 Å². The first-order valence-corrected chi connectivity index (χ1v) is 8.36. The average Bonchev–Trinajstić information content (AvgIpc) is 3.08. The second-order valence-electron chi connectivity index (χ2n) is 5.50. The Kier molecular flexibility index (Phi) is 5.81. The highest BCUT2D eigenvalue weighted by molar-refractivity contribution is 7.18. The summed E-state index contributed by atoms with van der Waals surface area (Å²) >= 11 is 1.29. The van der Waals surface area contributed by atoms with E-state index in [0.29, 0.717) is 28.4 Å². The Labute approximate surface area is 129 Å². The Morgan fingerprint density at radius 2 is 2.24 bits per heavy atom. The van der Waals surface area contributed by atoms with Crippen LogP contribution < -0.4 is 16.4 Å². The summed E-state index contributed by atoms with van der Waals surface area (Å²) in [5.74, 6) is 0.788. The number of rotatable bonds is 7. The third kappa shape index (κ3) is 4.07. The van der Waals surface area contributed by atoms with Crippen LogP contribution in [0.1, 0.15) is 42.3 Å². The first-order chi connectivity index (χ1) is 10.2. The molecule has 1 aromatic rings. The standard InChI is InChI=1S/C14H24N4O2S/c1-2-6-16-14-18-12(15)11(21-14)13(20)17-7-9-4-3-5-10(9)8-19/h9-10,19H,2-8,15H2,1H3,(H,16,18)(H,17,20). The monoisotopic (exact) mass is 312 g/mol. The highest BCUT2D eigenvalue weighted by atomic mass is 32.1. The van der Waals surface area contributed by atoms with Crippen LogP contribution in [-0.2, 0) is 0 Å². The Morgan fingerprint density at radius 3 is 2.95 bits per heavy atom. The second kappa shape index (κ2) is 7.61. The molecule has 1 aromatic heterocycles. The first kappa shape index (κ1) is 16.0. The zero-order valence-corrected chi connectivity index (χ0v) is 13.2. The second-order valence-corrected chi connectivity index (χ2v) is 6.50. The van der Waals surface area contributed by atoms with Crippen molar-refractivity contribution in [3.63, 3.8) is 0 Å². The summed E-state index contributed by atoms with van der Waals surface area (Å²) in [6.45, 7) is 3.68. The molecular formula is C14H24N4O2S. The van der Waals surface area contributed by atoms with Gasteiger partial charge in [-0.05, 0) is 31.1 Å². The van der Waals surface area contributed by atoms with Gasteiger partial charge >= 0.3 is 0 Å². The van der Waals surface area contributed by atoms with Crippen molar-refractivity contribution < 1.29 is 9.90 Å². The molecule has 5 N–H and O–H groups in total. The molecule has 6 nitrogen and oxygen atoms in total. The Morgan fingerprint density at radius 1 is 1.48 bits per heavy atom. The molecule has 0 spiro atoms. The molecule has 2 atom stereocenters. The van der Waals surface area contributed by atoms with Crippen LogP contribution in [0.2, 0.25) is 0 Å². The molecule has 2 rings (SSSR count). The summed E-state index contributed by atoms with van der Waals surface area (Å²) in [7, 11) is 0. The largest absolute Gasteiger partial charge is 0.396 e. The first-order valence-electron chi connectivity index (χ1n) is 7.55. The van der Waals surface area contributed by atoms with E-state index in [-0.39, 0.29) is 18.3 Å². The van der Waals surface area contributed by atoms with Gasteiger partial charge < -0.3 is 21.5 Å². The maximum atomic E-state index is 12.2. The molecule has 1 aliphatic carbocycles. The molecule has 1 aliphatic rings. The van der Waals surface area contributed by atoms with E-state index in [2.05, 4.69) is 22.5 Å². The van der Waals surface area contributed by atoms with Crippen LogP contribution in [0.25, 0.3) is 0 Å². The molecule has 1 saturated carbocycles. The van der Waals surface area contributed by atoms with Gasteiger partial charge in [-0.2, -0.15) is 0 Å². The minimum Gasteiger partial charge on any atom is -0.396 e. The number of amides is 1. The lowest BCUT2D eigenvalue weighted by Crippen LogP contribution is -2.31. The molecule has 0 aromatic carbocycles. The minimum atomic E-state index is -0.168. The highest BCUT2D eigenvalue weighted by Crippen LogP contribution is 2.31. The van der Waals surface area contributed by atoms with Gasteiger partial charge in [-0.3, -0.25) is 4.79 Å². The number of nitrogens with zero attached hydrogens (tertiary/aromatic N) is 1. The number of hydrogen-bond donors (Lipinski definition) is 4. The minimum absolute atomic E-state index is 0.168. The molecule has 1 fully saturated rings. The molecule has 7 heteroatoms. The lowest BCUT2D eigenvalue weighted by Gasteiger charge is -2.17. The van der Waals surface area contributed by atoms with Gasteiger partial charge in [0.15, 0.2) is 5.13 Å². The summed E-state index contributed by atoms with van der Waals surface area (Å²) in [4.78, 5) is 16.8. The van der Waals surface area contributed by atoms with Crippen LogP contribution >= 0.6 is 11.3 Å². The Balaban J connectivity index is 1.89. The summed E-state index contributed by atoms with van der Waals surface area (Å²) in [5.41, 5.74) is 5.81. The van der Waals surface area contributed by atoms with E-state index in [1.54, 1.807) is 0 Å². The van der Waals surface area contributed by atoms with E-state index in [4.69, 9.17) is 5.73 Å². The smallest absolute Gasteiger partial charge is 0.265 e. The topological polar surface area (TPSA) is 100 Å². The van der Waals surface area contributed by atoms with Crippen molar-refractivity contribution >= 4 is 28.2 Å². The van der Waals surface area contributed by atoms with E-state index in [9.17, 15) is 9.90 Å². The fraction of sp³-hybridized carbons (Fsp3) is 0.714.